The molecule has 3 nitrogen and oxygen atoms in total. The van der Waals surface area contributed by atoms with Crippen molar-refractivity contribution >= 4 is 15.9 Å². The topological polar surface area (TPSA) is 38.7 Å². The summed E-state index contributed by atoms with van der Waals surface area (Å²) < 4.78 is 0.939. The molecule has 0 saturated heterocycles. The molecule has 1 aromatic carbocycles. The molecule has 2 heterocycles. The van der Waals surface area contributed by atoms with E-state index >= 15 is 0 Å². The molecule has 1 radical (unpaired) electrons. The zero-order valence-electron chi connectivity index (χ0n) is 10.6. The van der Waals surface area contributed by atoms with Crippen molar-refractivity contribution in [3.05, 3.63) is 76.7 Å². The summed E-state index contributed by atoms with van der Waals surface area (Å²) >= 11 is 3.46. The Morgan fingerprint density at radius 2 is 1.85 bits per heavy atom. The summed E-state index contributed by atoms with van der Waals surface area (Å²) in [5, 5.41) is 8.54. The van der Waals surface area contributed by atoms with Crippen LogP contribution in [-0.2, 0) is 6.42 Å². The number of benzene rings is 1. The highest BCUT2D eigenvalue weighted by molar-refractivity contribution is 9.10. The number of rotatable bonds is 3. The molecule has 0 amide bonds. The number of nitrogens with zero attached hydrogens (tertiary/aromatic N) is 3. The second-order valence-corrected chi connectivity index (χ2v) is 5.17. The molecule has 3 aromatic rings. The minimum absolute atomic E-state index is 0.650. The summed E-state index contributed by atoms with van der Waals surface area (Å²) in [4.78, 5) is 4.28. The minimum Gasteiger partial charge on any atom is -0.259 e. The average molecular weight is 325 g/mol. The van der Waals surface area contributed by atoms with Crippen LogP contribution in [0, 0.1) is 6.07 Å². The normalized spacial score (nSPS) is 10.4. The van der Waals surface area contributed by atoms with Crippen molar-refractivity contribution in [2.75, 3.05) is 0 Å². The molecule has 0 saturated carbocycles. The van der Waals surface area contributed by atoms with Crippen LogP contribution < -0.4 is 0 Å². The Balaban J connectivity index is 1.82. The number of hydrogen-bond acceptors (Lipinski definition) is 3. The molecule has 0 N–H and O–H groups in total. The Morgan fingerprint density at radius 1 is 1.00 bits per heavy atom. The van der Waals surface area contributed by atoms with Crippen LogP contribution in [0.2, 0.25) is 0 Å². The number of aromatic nitrogens is 3. The third-order valence-corrected chi connectivity index (χ3v) is 3.61. The molecule has 0 aliphatic heterocycles. The van der Waals surface area contributed by atoms with E-state index in [0.29, 0.717) is 6.42 Å². The first kappa shape index (κ1) is 12.9. The van der Waals surface area contributed by atoms with Crippen molar-refractivity contribution in [3.63, 3.8) is 0 Å². The van der Waals surface area contributed by atoms with E-state index in [0.717, 1.165) is 27.1 Å². The van der Waals surface area contributed by atoms with Gasteiger partial charge in [0.25, 0.3) is 0 Å². The second-order valence-electron chi connectivity index (χ2n) is 4.32. The van der Waals surface area contributed by atoms with E-state index in [2.05, 4.69) is 37.2 Å². The van der Waals surface area contributed by atoms with Crippen LogP contribution in [-0.4, -0.2) is 15.2 Å². The third kappa shape index (κ3) is 2.91. The second kappa shape index (κ2) is 5.92. The van der Waals surface area contributed by atoms with Crippen molar-refractivity contribution in [2.24, 2.45) is 0 Å². The lowest BCUT2D eigenvalue weighted by Gasteiger charge is -2.03. The van der Waals surface area contributed by atoms with E-state index < -0.39 is 0 Å². The highest BCUT2D eigenvalue weighted by atomic mass is 79.9. The molecular formula is C16H11BrN3. The Morgan fingerprint density at radius 3 is 2.55 bits per heavy atom. The van der Waals surface area contributed by atoms with Crippen LogP contribution >= 0.6 is 15.9 Å². The van der Waals surface area contributed by atoms with Gasteiger partial charge in [0.2, 0.25) is 0 Å². The van der Waals surface area contributed by atoms with Gasteiger partial charge in [0.05, 0.1) is 17.1 Å². The van der Waals surface area contributed by atoms with Gasteiger partial charge in [-0.05, 0) is 34.1 Å². The fourth-order valence-electron chi connectivity index (χ4n) is 1.89. The van der Waals surface area contributed by atoms with Gasteiger partial charge < -0.3 is 0 Å². The van der Waals surface area contributed by atoms with Crippen LogP contribution in [0.4, 0.5) is 0 Å². The maximum atomic E-state index is 4.28. The Kier molecular flexibility index (Phi) is 3.83. The predicted octanol–water partition coefficient (Wildman–Crippen LogP) is 3.69. The van der Waals surface area contributed by atoms with E-state index in [1.807, 2.05) is 48.5 Å². The van der Waals surface area contributed by atoms with Gasteiger partial charge in [-0.2, -0.15) is 10.2 Å². The fraction of sp³-hybridized carbons (Fsp3) is 0.0625. The Bertz CT molecular complexity index is 696. The van der Waals surface area contributed by atoms with Crippen molar-refractivity contribution in [1.29, 1.82) is 0 Å². The third-order valence-electron chi connectivity index (χ3n) is 2.92. The van der Waals surface area contributed by atoms with E-state index in [-0.39, 0.29) is 0 Å². The number of halogens is 1. The lowest BCUT2D eigenvalue weighted by atomic mass is 10.1. The lowest BCUT2D eigenvalue weighted by Crippen LogP contribution is -1.98. The van der Waals surface area contributed by atoms with Crippen molar-refractivity contribution < 1.29 is 0 Å². The quantitative estimate of drug-likeness (QED) is 0.737. The van der Waals surface area contributed by atoms with Gasteiger partial charge in [0.1, 0.15) is 0 Å². The minimum atomic E-state index is 0.650. The van der Waals surface area contributed by atoms with E-state index in [4.69, 9.17) is 0 Å². The van der Waals surface area contributed by atoms with Crippen molar-refractivity contribution in [2.45, 2.75) is 6.42 Å². The predicted molar refractivity (Wildman–Crippen MR) is 81.0 cm³/mol. The first-order valence-corrected chi connectivity index (χ1v) is 7.01. The van der Waals surface area contributed by atoms with Gasteiger partial charge in [-0.25, -0.2) is 0 Å². The molecule has 3 rings (SSSR count). The summed E-state index contributed by atoms with van der Waals surface area (Å²) in [6, 6.07) is 18.8. The van der Waals surface area contributed by atoms with E-state index in [1.165, 1.54) is 0 Å². The van der Waals surface area contributed by atoms with Crippen LogP contribution in [0.3, 0.4) is 0 Å². The molecule has 0 bridgehead atoms. The molecule has 0 atom stereocenters. The van der Waals surface area contributed by atoms with Crippen molar-refractivity contribution in [1.82, 2.24) is 15.2 Å². The van der Waals surface area contributed by atoms with Crippen LogP contribution in [0.1, 0.15) is 11.4 Å². The monoisotopic (exact) mass is 324 g/mol. The zero-order valence-corrected chi connectivity index (χ0v) is 12.2. The van der Waals surface area contributed by atoms with E-state index in [9.17, 15) is 0 Å². The highest BCUT2D eigenvalue weighted by Crippen LogP contribution is 2.18. The molecule has 0 aliphatic rings. The standard InChI is InChI=1S/C16H11BrN3/c17-14-7-4-10-18-16(14)11-13-8-9-15(20-19-13)12-5-2-1-3-6-12/h1-3,5-10H,11H2. The molecule has 0 aliphatic carbocycles. The first-order valence-electron chi connectivity index (χ1n) is 6.21. The van der Waals surface area contributed by atoms with Gasteiger partial charge in [0, 0.05) is 28.7 Å². The largest absolute Gasteiger partial charge is 0.259 e. The fourth-order valence-corrected chi connectivity index (χ4v) is 2.26. The summed E-state index contributed by atoms with van der Waals surface area (Å²) in [6.45, 7) is 0. The number of hydrogen-bond donors (Lipinski definition) is 0. The maximum Gasteiger partial charge on any atom is 0.0929 e. The smallest absolute Gasteiger partial charge is 0.0929 e. The van der Waals surface area contributed by atoms with Gasteiger partial charge >= 0.3 is 0 Å². The van der Waals surface area contributed by atoms with Crippen molar-refractivity contribution in [3.8, 4) is 11.3 Å². The average Bonchev–Trinajstić information content (AvgIpc) is 2.51. The molecule has 97 valence electrons. The van der Waals surface area contributed by atoms with Crippen LogP contribution in [0.25, 0.3) is 11.3 Å². The molecule has 20 heavy (non-hydrogen) atoms. The highest BCUT2D eigenvalue weighted by Gasteiger charge is 2.05. The number of pyridine rings is 1. The van der Waals surface area contributed by atoms with E-state index in [1.54, 1.807) is 6.20 Å². The SMILES string of the molecule is Brc1c[c]cnc1Cc1ccc(-c2ccccc2)nn1. The van der Waals surface area contributed by atoms with Gasteiger partial charge in [-0.15, -0.1) is 0 Å². The van der Waals surface area contributed by atoms with Gasteiger partial charge in [-0.3, -0.25) is 4.98 Å². The molecule has 2 aromatic heterocycles. The summed E-state index contributed by atoms with van der Waals surface area (Å²) in [6.07, 6.45) is 2.31. The summed E-state index contributed by atoms with van der Waals surface area (Å²) in [5.41, 5.74) is 3.78. The molecule has 4 heteroatoms. The first-order chi connectivity index (χ1) is 9.83. The summed E-state index contributed by atoms with van der Waals surface area (Å²) in [5.74, 6) is 0. The zero-order chi connectivity index (χ0) is 13.8. The molecule has 0 fully saturated rings. The Labute approximate surface area is 125 Å². The molecule has 0 unspecified atom stereocenters. The van der Waals surface area contributed by atoms with Gasteiger partial charge in [-0.1, -0.05) is 30.3 Å². The summed E-state index contributed by atoms with van der Waals surface area (Å²) in [7, 11) is 0. The molecule has 0 spiro atoms. The van der Waals surface area contributed by atoms with Crippen LogP contribution in [0.15, 0.2) is 59.2 Å². The van der Waals surface area contributed by atoms with Crippen LogP contribution in [0.5, 0.6) is 0 Å². The lowest BCUT2D eigenvalue weighted by molar-refractivity contribution is 0.918. The maximum absolute atomic E-state index is 4.28. The Hall–Kier alpha value is -2.07. The van der Waals surface area contributed by atoms with Gasteiger partial charge in [0.15, 0.2) is 0 Å². The molecular weight excluding hydrogens is 314 g/mol.